The van der Waals surface area contributed by atoms with Crippen molar-refractivity contribution in [3.8, 4) is 11.5 Å². The highest BCUT2D eigenvalue weighted by Gasteiger charge is 2.27. The largest absolute Gasteiger partial charge is 0.486 e. The summed E-state index contributed by atoms with van der Waals surface area (Å²) < 4.78 is 25.4. The number of fused-ring (bicyclic) bond motifs is 1. The molecule has 2 aromatic rings. The second-order valence-electron chi connectivity index (χ2n) is 8.55. The fourth-order valence-corrected chi connectivity index (χ4v) is 3.94. The molecule has 4 rings (SSSR count). The summed E-state index contributed by atoms with van der Waals surface area (Å²) in [5, 5.41) is 6.90. The molecule has 1 fully saturated rings. The molecule has 1 aromatic carbocycles. The lowest BCUT2D eigenvalue weighted by atomic mass is 9.84. The molecule has 0 amide bonds. The van der Waals surface area contributed by atoms with Gasteiger partial charge in [-0.25, -0.2) is 9.37 Å². The number of guanidine groups is 1. The van der Waals surface area contributed by atoms with Gasteiger partial charge < -0.3 is 25.0 Å². The molecule has 2 aliphatic heterocycles. The summed E-state index contributed by atoms with van der Waals surface area (Å²) in [4.78, 5) is 10.5. The van der Waals surface area contributed by atoms with E-state index in [2.05, 4.69) is 46.6 Å². The molecule has 3 heterocycles. The normalized spacial score (nSPS) is 18.8. The molecule has 0 aliphatic carbocycles. The van der Waals surface area contributed by atoms with E-state index in [4.69, 9.17) is 9.47 Å². The standard InChI is InChI=1S/C23H30FN5O2/c1-23(2,16-6-7-19-20(13-16)31-12-11-30-19)15-27-22(25-3)28-17-8-10-29(14-17)21-18(24)5-4-9-26-21/h4-7,9,13,17H,8,10-12,14-15H2,1-3H3,(H2,25,27,28). The zero-order valence-electron chi connectivity index (χ0n) is 18.3. The van der Waals surface area contributed by atoms with Crippen LogP contribution in [0.15, 0.2) is 41.5 Å². The Hall–Kier alpha value is -3.03. The highest BCUT2D eigenvalue weighted by Crippen LogP contribution is 2.35. The number of pyridine rings is 1. The van der Waals surface area contributed by atoms with Gasteiger partial charge in [-0.05, 0) is 36.2 Å². The predicted octanol–water partition coefficient (Wildman–Crippen LogP) is 2.71. The van der Waals surface area contributed by atoms with Crippen molar-refractivity contribution < 1.29 is 13.9 Å². The first-order chi connectivity index (χ1) is 15.0. The van der Waals surface area contributed by atoms with Gasteiger partial charge >= 0.3 is 0 Å². The zero-order valence-corrected chi connectivity index (χ0v) is 18.3. The number of benzene rings is 1. The maximum atomic E-state index is 14.0. The monoisotopic (exact) mass is 427 g/mol. The quantitative estimate of drug-likeness (QED) is 0.565. The van der Waals surface area contributed by atoms with Gasteiger partial charge in [-0.2, -0.15) is 0 Å². The second-order valence-corrected chi connectivity index (χ2v) is 8.55. The third-order valence-corrected chi connectivity index (χ3v) is 5.81. The van der Waals surface area contributed by atoms with E-state index in [1.807, 2.05) is 11.0 Å². The van der Waals surface area contributed by atoms with Crippen LogP contribution in [-0.4, -0.2) is 56.9 Å². The first-order valence-electron chi connectivity index (χ1n) is 10.7. The van der Waals surface area contributed by atoms with Crippen molar-refractivity contribution in [3.63, 3.8) is 0 Å². The van der Waals surface area contributed by atoms with Crippen molar-refractivity contribution in [1.29, 1.82) is 0 Å². The molecule has 7 nitrogen and oxygen atoms in total. The summed E-state index contributed by atoms with van der Waals surface area (Å²) in [6.45, 7) is 7.65. The van der Waals surface area contributed by atoms with Crippen molar-refractivity contribution in [2.24, 2.45) is 4.99 Å². The number of hydrogen-bond donors (Lipinski definition) is 2. The number of aliphatic imine (C=N–C) groups is 1. The van der Waals surface area contributed by atoms with E-state index in [0.717, 1.165) is 36.0 Å². The number of anilines is 1. The molecule has 2 aliphatic rings. The number of nitrogens with one attached hydrogen (secondary N) is 2. The van der Waals surface area contributed by atoms with Crippen molar-refractivity contribution in [2.75, 3.05) is 44.8 Å². The van der Waals surface area contributed by atoms with E-state index in [1.165, 1.54) is 6.07 Å². The maximum Gasteiger partial charge on any atom is 0.191 e. The lowest BCUT2D eigenvalue weighted by Crippen LogP contribution is -2.48. The Balaban J connectivity index is 1.34. The molecule has 0 bridgehead atoms. The molecule has 0 radical (unpaired) electrons. The van der Waals surface area contributed by atoms with Gasteiger partial charge in [0.2, 0.25) is 0 Å². The molecule has 0 spiro atoms. The predicted molar refractivity (Wildman–Crippen MR) is 120 cm³/mol. The second kappa shape index (κ2) is 8.99. The van der Waals surface area contributed by atoms with E-state index < -0.39 is 0 Å². The van der Waals surface area contributed by atoms with Crippen molar-refractivity contribution in [2.45, 2.75) is 31.7 Å². The van der Waals surface area contributed by atoms with Crippen LogP contribution in [0.1, 0.15) is 25.8 Å². The van der Waals surface area contributed by atoms with E-state index in [-0.39, 0.29) is 17.3 Å². The third kappa shape index (κ3) is 4.84. The molecular weight excluding hydrogens is 397 g/mol. The van der Waals surface area contributed by atoms with E-state index in [1.54, 1.807) is 19.3 Å². The molecule has 0 saturated carbocycles. The number of hydrogen-bond acceptors (Lipinski definition) is 5. The van der Waals surface area contributed by atoms with Gasteiger partial charge in [0.05, 0.1) is 0 Å². The van der Waals surface area contributed by atoms with E-state index in [9.17, 15) is 4.39 Å². The Morgan fingerprint density at radius 1 is 1.26 bits per heavy atom. The number of nitrogens with zero attached hydrogens (tertiary/aromatic N) is 3. The van der Waals surface area contributed by atoms with Crippen LogP contribution in [0.25, 0.3) is 0 Å². The molecule has 2 N–H and O–H groups in total. The topological polar surface area (TPSA) is 71.0 Å². The fourth-order valence-electron chi connectivity index (χ4n) is 3.94. The van der Waals surface area contributed by atoms with Crippen LogP contribution in [-0.2, 0) is 5.41 Å². The summed E-state index contributed by atoms with van der Waals surface area (Å²) >= 11 is 0. The average Bonchev–Trinajstić information content (AvgIpc) is 3.25. The number of aromatic nitrogens is 1. The van der Waals surface area contributed by atoms with Crippen LogP contribution in [0, 0.1) is 5.82 Å². The first-order valence-corrected chi connectivity index (χ1v) is 10.7. The maximum absolute atomic E-state index is 14.0. The Kier molecular flexibility index (Phi) is 6.15. The SMILES string of the molecule is CN=C(NCC(C)(C)c1ccc2c(c1)OCCO2)NC1CCN(c2ncccc2F)C1. The number of halogens is 1. The van der Waals surface area contributed by atoms with Crippen molar-refractivity contribution in [1.82, 2.24) is 15.6 Å². The molecule has 1 aromatic heterocycles. The Labute approximate surface area is 182 Å². The minimum absolute atomic E-state index is 0.147. The van der Waals surface area contributed by atoms with Gasteiger partial charge in [0.25, 0.3) is 0 Å². The van der Waals surface area contributed by atoms with Gasteiger partial charge in [0.1, 0.15) is 13.2 Å². The van der Waals surface area contributed by atoms with Crippen LogP contribution in [0.5, 0.6) is 11.5 Å². The number of ether oxygens (including phenoxy) is 2. The van der Waals surface area contributed by atoms with Crippen LogP contribution in [0.3, 0.4) is 0 Å². The van der Waals surface area contributed by atoms with Gasteiger partial charge in [-0.1, -0.05) is 19.9 Å². The summed E-state index contributed by atoms with van der Waals surface area (Å²) in [6, 6.07) is 9.35. The van der Waals surface area contributed by atoms with Crippen LogP contribution in [0.4, 0.5) is 10.2 Å². The average molecular weight is 428 g/mol. The van der Waals surface area contributed by atoms with Gasteiger partial charge in [-0.15, -0.1) is 0 Å². The Morgan fingerprint density at radius 2 is 2.06 bits per heavy atom. The summed E-state index contributed by atoms with van der Waals surface area (Å²) in [5.74, 6) is 2.46. The Bertz CT molecular complexity index is 949. The van der Waals surface area contributed by atoms with Crippen molar-refractivity contribution in [3.05, 3.63) is 47.9 Å². The van der Waals surface area contributed by atoms with Crippen LogP contribution in [0.2, 0.25) is 0 Å². The molecular formula is C23H30FN5O2. The molecule has 31 heavy (non-hydrogen) atoms. The minimum Gasteiger partial charge on any atom is -0.486 e. The molecule has 1 saturated heterocycles. The lowest BCUT2D eigenvalue weighted by Gasteiger charge is -2.29. The molecule has 8 heteroatoms. The first kappa shape index (κ1) is 21.2. The van der Waals surface area contributed by atoms with E-state index >= 15 is 0 Å². The lowest BCUT2D eigenvalue weighted by molar-refractivity contribution is 0.171. The Morgan fingerprint density at radius 3 is 2.84 bits per heavy atom. The molecule has 166 valence electrons. The van der Waals surface area contributed by atoms with Crippen LogP contribution >= 0.6 is 0 Å². The smallest absolute Gasteiger partial charge is 0.191 e. The van der Waals surface area contributed by atoms with Crippen molar-refractivity contribution >= 4 is 11.8 Å². The molecule has 1 unspecified atom stereocenters. The fraction of sp³-hybridized carbons (Fsp3) is 0.478. The highest BCUT2D eigenvalue weighted by atomic mass is 19.1. The zero-order chi connectivity index (χ0) is 21.8. The van der Waals surface area contributed by atoms with E-state index in [0.29, 0.717) is 32.1 Å². The van der Waals surface area contributed by atoms with Gasteiger partial charge in [0.15, 0.2) is 29.1 Å². The van der Waals surface area contributed by atoms with Gasteiger partial charge in [0, 0.05) is 44.3 Å². The summed E-state index contributed by atoms with van der Waals surface area (Å²) in [6.07, 6.45) is 2.52. The minimum atomic E-state index is -0.285. The highest BCUT2D eigenvalue weighted by molar-refractivity contribution is 5.80. The van der Waals surface area contributed by atoms with Gasteiger partial charge in [-0.3, -0.25) is 4.99 Å². The summed E-state index contributed by atoms with van der Waals surface area (Å²) in [7, 11) is 1.76. The number of rotatable bonds is 5. The molecule has 1 atom stereocenters. The third-order valence-electron chi connectivity index (χ3n) is 5.81. The summed E-state index contributed by atoms with van der Waals surface area (Å²) in [5.41, 5.74) is 1.02. The van der Waals surface area contributed by atoms with Crippen LogP contribution < -0.4 is 25.0 Å².